The lowest BCUT2D eigenvalue weighted by Crippen LogP contribution is -2.66. The van der Waals surface area contributed by atoms with Crippen LogP contribution in [0.4, 0.5) is 0 Å². The molecule has 3 saturated heterocycles. The van der Waals surface area contributed by atoms with Gasteiger partial charge in [-0.1, -0.05) is 76.2 Å². The Labute approximate surface area is 780 Å². The number of phenolic OH excluding ortho intramolecular Hbond substituents is 1. The minimum absolute atomic E-state index is 0.00103. The highest BCUT2D eigenvalue weighted by molar-refractivity contribution is 8.77. The van der Waals surface area contributed by atoms with E-state index in [0.717, 1.165) is 38.6 Å². The molecule has 4 heterocycles. The molecule has 17 N–H and O–H groups in total. The lowest BCUT2D eigenvalue weighted by molar-refractivity contribution is -0.870. The van der Waals surface area contributed by atoms with Crippen molar-refractivity contribution in [3.05, 3.63) is 107 Å². The molecule has 0 radical (unpaired) electrons. The number of aliphatic hydroxyl groups excluding tert-OH is 1. The van der Waals surface area contributed by atoms with Gasteiger partial charge < -0.3 is 118 Å². The van der Waals surface area contributed by atoms with Crippen LogP contribution in [-0.2, 0) is 101 Å². The molecule has 1 aromatic heterocycles. The number of hydrogen-bond donors (Lipinski definition) is 16. The average Bonchev–Trinajstić information content (AvgIpc) is 1.81. The number of phenols is 1. The Morgan fingerprint density at radius 2 is 1.22 bits per heavy atom. The molecule has 4 aromatic carbocycles. The van der Waals surface area contributed by atoms with Crippen molar-refractivity contribution in [1.29, 1.82) is 0 Å². The summed E-state index contributed by atoms with van der Waals surface area (Å²) in [5.74, 6) is -11.2. The first-order chi connectivity index (χ1) is 62.4. The number of nitrogens with one attached hydrogen (secondary N) is 13. The van der Waals surface area contributed by atoms with Crippen molar-refractivity contribution in [1.82, 2.24) is 78.6 Å². The molecule has 3 aliphatic rings. The van der Waals surface area contributed by atoms with E-state index in [2.05, 4.69) is 68.8 Å². The number of benzene rings is 4. The molecule has 37 nitrogen and oxygen atoms in total. The molecule has 3 aliphatic heterocycles. The van der Waals surface area contributed by atoms with Gasteiger partial charge in [-0.05, 0) is 157 Å². The van der Waals surface area contributed by atoms with Crippen molar-refractivity contribution >= 4 is 126 Å². The summed E-state index contributed by atoms with van der Waals surface area (Å²) in [4.78, 5) is 218. The van der Waals surface area contributed by atoms with Gasteiger partial charge in [-0.2, -0.15) is 0 Å². The summed E-state index contributed by atoms with van der Waals surface area (Å²) in [6.07, 6.45) is -0.782. The van der Waals surface area contributed by atoms with Gasteiger partial charge in [-0.25, -0.2) is 0 Å². The van der Waals surface area contributed by atoms with E-state index in [1.54, 1.807) is 115 Å². The second kappa shape index (κ2) is 50.4. The fourth-order valence-electron chi connectivity index (χ4n) is 15.3. The maximum absolute atomic E-state index is 16.6. The predicted molar refractivity (Wildman–Crippen MR) is 502 cm³/mol. The molecule has 0 aliphatic carbocycles. The first-order valence-electron chi connectivity index (χ1n) is 45.3. The summed E-state index contributed by atoms with van der Waals surface area (Å²) >= 11 is 0. The van der Waals surface area contributed by atoms with Crippen LogP contribution >= 0.6 is 21.6 Å². The maximum Gasteiger partial charge on any atom is 0.246 e. The van der Waals surface area contributed by atoms with Crippen molar-refractivity contribution in [2.24, 2.45) is 5.73 Å². The number of nitrogens with two attached hydrogens (primary N) is 1. The van der Waals surface area contributed by atoms with E-state index in [0.29, 0.717) is 68.0 Å². The van der Waals surface area contributed by atoms with Gasteiger partial charge in [0.2, 0.25) is 82.7 Å². The number of aromatic amines is 1. The second-order valence-corrected chi connectivity index (χ2v) is 40.1. The fraction of sp³-hybridized carbons (Fsp3) is 0.591. The zero-order valence-electron chi connectivity index (χ0n) is 78.5. The summed E-state index contributed by atoms with van der Waals surface area (Å²) in [6, 6.07) is 5.90. The number of fused-ring (bicyclic) bond motifs is 7. The average molecular weight is 1880 g/mol. The maximum atomic E-state index is 16.6. The number of H-pyrrole nitrogens is 1. The Kier molecular flexibility index (Phi) is 40.7. The predicted octanol–water partition coefficient (Wildman–Crippen LogP) is 2.29. The van der Waals surface area contributed by atoms with Crippen LogP contribution in [0, 0.1) is 6.92 Å². The number of hydrogen-bond acceptors (Lipinski definition) is 23. The number of para-hydroxylation sites is 1. The number of rotatable bonds is 27. The van der Waals surface area contributed by atoms with Crippen LogP contribution in [-0.4, -0.2) is 308 Å². The van der Waals surface area contributed by atoms with Gasteiger partial charge in [-0.15, -0.1) is 0 Å². The fourth-order valence-corrected chi connectivity index (χ4v) is 18.2. The molecular weight excluding hydrogens is 1740 g/mol. The number of carbonyl (C=O) groups is 14. The third kappa shape index (κ3) is 32.9. The zero-order valence-corrected chi connectivity index (χ0v) is 80.1. The molecule has 3 fully saturated rings. The molecule has 0 saturated carbocycles. The lowest BCUT2D eigenvalue weighted by Gasteiger charge is -2.39. The lowest BCUT2D eigenvalue weighted by atomic mass is 9.87. The number of carbonyl (C=O) groups excluding carboxylic acids is 14. The van der Waals surface area contributed by atoms with Crippen LogP contribution < -0.4 is 74.3 Å². The summed E-state index contributed by atoms with van der Waals surface area (Å²) in [6.45, 7) is 14.6. The van der Waals surface area contributed by atoms with Crippen LogP contribution in [0.5, 0.6) is 11.5 Å². The number of aliphatic hydroxyl groups is 1. The van der Waals surface area contributed by atoms with Crippen molar-refractivity contribution in [2.75, 3.05) is 115 Å². The van der Waals surface area contributed by atoms with Crippen LogP contribution in [0.25, 0.3) is 21.7 Å². The van der Waals surface area contributed by atoms with Crippen LogP contribution in [0.3, 0.4) is 0 Å². The quantitative estimate of drug-likeness (QED) is 0.0204. The molecule has 132 heavy (non-hydrogen) atoms. The van der Waals surface area contributed by atoms with Crippen LogP contribution in [0.2, 0.25) is 0 Å². The van der Waals surface area contributed by atoms with Gasteiger partial charge in [0.15, 0.2) is 0 Å². The number of ether oxygens (including phenoxy) is 4. The molecule has 5 aromatic rings. The molecular formula is C93H138N17O20S2+. The minimum atomic E-state index is -1.95. The number of likely N-dealkylation sites (N-methyl/N-ethyl adjacent to an activating group) is 1. The first-order valence-corrected chi connectivity index (χ1v) is 47.4. The molecule has 726 valence electrons. The number of aromatic nitrogens is 1. The van der Waals surface area contributed by atoms with E-state index in [1.807, 2.05) is 34.1 Å². The summed E-state index contributed by atoms with van der Waals surface area (Å²) in [7, 11) is 12.3. The van der Waals surface area contributed by atoms with E-state index in [-0.39, 0.29) is 160 Å². The van der Waals surface area contributed by atoms with Gasteiger partial charge in [0.25, 0.3) is 0 Å². The standard InChI is InChI=1S/C93H137N17O20S2/c1-56-21-19-23-67-64(55-96-77(56)67)53-72-84(120)99-69(25-16-18-40-109(11)59(4)112)82(118)106-79-88(124)102-70(50-60-28-33-66(34-29-60)130-45-38-94)83(119)100-71(51-61-27-30-63-52-65(113)32-31-62(63)49-61)86(122)107-93(36-43-128-44-37-93)90(126)97-57(2)22-20-26-74(114)95-39-17-15-24-68(98-75(115)35-42-127-47-48-129-46-41-110(12,13)14)81(117)105-80(92(7,8)132-131-91(79,5)6)89(125)103-73(54-76(116)108(9)10)85(121)104-78(58(3)111)87(123)101-72/h19,21,23,27-34,49,52,55,57-58,68-73,78-80,96,111H,15-18,20,22,24-26,35-48,50-51,53-54,94H2,1-14H3,(H12-,95,97,98,99,100,101,102,103,104,105,106,107,113,114,115,117,118,119,120,121,122,123,124,125,126)/p+1/t57-,58-,68-,69+,70+,71+,72+,73+,78+,79-,80-/m1/s1. The third-order valence-electron chi connectivity index (χ3n) is 23.6. The van der Waals surface area contributed by atoms with Gasteiger partial charge in [-0.3, -0.25) is 67.1 Å². The van der Waals surface area contributed by atoms with E-state index >= 15 is 47.9 Å². The van der Waals surface area contributed by atoms with E-state index in [1.165, 1.54) is 38.9 Å². The zero-order chi connectivity index (χ0) is 96.8. The Hall–Kier alpha value is -10.7. The minimum Gasteiger partial charge on any atom is -0.508 e. The molecule has 14 amide bonds. The van der Waals surface area contributed by atoms with Crippen molar-refractivity contribution in [2.45, 2.75) is 240 Å². The van der Waals surface area contributed by atoms with E-state index < -0.39 is 159 Å². The third-order valence-corrected chi connectivity index (χ3v) is 27.8. The Bertz CT molecular complexity index is 4810. The van der Waals surface area contributed by atoms with Gasteiger partial charge in [0, 0.05) is 138 Å². The number of nitrogens with zero attached hydrogens (tertiary/aromatic N) is 3. The molecule has 39 heteroatoms. The van der Waals surface area contributed by atoms with Gasteiger partial charge in [0.05, 0.1) is 60.1 Å². The highest BCUT2D eigenvalue weighted by atomic mass is 33.1. The highest BCUT2D eigenvalue weighted by Crippen LogP contribution is 2.47. The van der Waals surface area contributed by atoms with Crippen molar-refractivity contribution in [3.8, 4) is 11.5 Å². The number of aryl methyl sites for hydroxylation is 1. The summed E-state index contributed by atoms with van der Waals surface area (Å²) < 4.78 is 20.4. The first kappa shape index (κ1) is 107. The normalized spacial score (nSPS) is 23.3. The Balaban J connectivity index is 1.32. The van der Waals surface area contributed by atoms with Gasteiger partial charge in [0.1, 0.15) is 84.6 Å². The summed E-state index contributed by atoms with van der Waals surface area (Å²) in [5, 5.41) is 58.4. The Morgan fingerprint density at radius 3 is 1.87 bits per heavy atom. The van der Waals surface area contributed by atoms with Gasteiger partial charge >= 0.3 is 0 Å². The smallest absolute Gasteiger partial charge is 0.246 e. The van der Waals surface area contributed by atoms with Crippen LogP contribution in [0.15, 0.2) is 85.1 Å². The summed E-state index contributed by atoms with van der Waals surface area (Å²) in [5.41, 5.74) is 7.16. The molecule has 11 atom stereocenters. The number of unbranched alkanes of at least 4 members (excludes halogenated alkanes) is 1. The molecule has 0 unspecified atom stereocenters. The monoisotopic (exact) mass is 1880 g/mol. The number of aromatic hydroxyl groups is 1. The van der Waals surface area contributed by atoms with Crippen molar-refractivity contribution in [3.63, 3.8) is 0 Å². The highest BCUT2D eigenvalue weighted by Gasteiger charge is 2.48. The Morgan fingerprint density at radius 1 is 0.636 bits per heavy atom. The molecule has 1 spiro atoms. The van der Waals surface area contributed by atoms with E-state index in [9.17, 15) is 29.4 Å². The second-order valence-electron chi connectivity index (χ2n) is 36.7. The number of amides is 14. The van der Waals surface area contributed by atoms with E-state index in [4.69, 9.17) is 24.7 Å². The van der Waals surface area contributed by atoms with Crippen molar-refractivity contribution < 1.29 is 101 Å². The topological polar surface area (TPSA) is 509 Å². The SMILES string of the molecule is CC(=O)N(C)CCCC[C@@H]1NC(=O)[C@H](Cc2c[nH]c3c(C)cccc23)NC(=O)[C@H]([C@@H](C)O)NC(=O)[C@H](CC(=O)N(C)C)NC(=O)[C@H]2NC(=O)[C@H](NC(=O)CCOCCOCC[N+](C)(C)C)CCCCNC(=O)CCC[C@@H](C)NC(=O)C3(CCOCC3)NC(=O)[C@H](Cc3ccc4cc(O)ccc4c3)NC(=O)[C@H](Cc3ccc(OCCN)cc3)NC(=O)[C@@H](NC1=O)C(C)(C)SSC2(C)C. The number of quaternary nitrogens is 1. The largest absolute Gasteiger partial charge is 0.508 e. The van der Waals surface area contributed by atoms with Crippen LogP contribution in [0.1, 0.15) is 154 Å². The molecule has 8 rings (SSSR count). The molecule has 2 bridgehead atoms.